The van der Waals surface area contributed by atoms with E-state index < -0.39 is 20.5 Å². The predicted octanol–water partition coefficient (Wildman–Crippen LogP) is 21.9. The smallest absolute Gasteiger partial charge is 0.0713 e. The molecular formula is C75H48P2. The minimum atomic E-state index is -0.747. The highest BCUT2D eigenvalue weighted by atomic mass is 31.1. The van der Waals surface area contributed by atoms with Gasteiger partial charge in [-0.1, -0.05) is 288 Å². The van der Waals surface area contributed by atoms with Gasteiger partial charge in [0, 0.05) is 31.2 Å². The molecule has 1 aliphatic rings. The highest BCUT2D eigenvalue weighted by Gasteiger charge is 2.47. The molecule has 0 N–H and O–H groups in total. The van der Waals surface area contributed by atoms with E-state index >= 15 is 0 Å². The summed E-state index contributed by atoms with van der Waals surface area (Å²) >= 11 is 0. The predicted molar refractivity (Wildman–Crippen MR) is 333 cm³/mol. The van der Waals surface area contributed by atoms with Crippen molar-refractivity contribution in [2.24, 2.45) is 0 Å². The standard InChI is InChI=1S/C75H48P2/c1-5-24-49(25-6-1)75(50-26-7-2-8-27-50)65-42-16-13-32-59(65)72-62(41-21-43-66(72)75)71-57-37-19-35-53(55-39-22-46-69-73(55)60-33-14-17-44-67(60)76(69)51-28-9-3-10-29-51)63(57)48-64-54(36-20-38-58(64)71)56-40-23-47-70-74(56)61-34-15-18-45-68(61)77(70)52-30-11-4-12-31-52/h1-48H. The van der Waals surface area contributed by atoms with E-state index in [1.165, 1.54) is 141 Å². The van der Waals surface area contributed by atoms with Crippen LogP contribution < -0.4 is 0 Å². The molecule has 2 aromatic heterocycles. The molecule has 2 atom stereocenters. The first-order chi connectivity index (χ1) is 38.3. The van der Waals surface area contributed by atoms with E-state index in [1.54, 1.807) is 0 Å². The Morgan fingerprint density at radius 3 is 1.12 bits per heavy atom. The first-order valence-electron chi connectivity index (χ1n) is 26.8. The van der Waals surface area contributed by atoms with Crippen LogP contribution in [-0.2, 0) is 5.41 Å². The van der Waals surface area contributed by atoms with E-state index in [1.807, 2.05) is 0 Å². The summed E-state index contributed by atoms with van der Waals surface area (Å²) in [6.07, 6.45) is 0. The summed E-state index contributed by atoms with van der Waals surface area (Å²) in [7, 11) is -1.49. The first-order valence-corrected chi connectivity index (χ1v) is 29.4. The zero-order valence-corrected chi connectivity index (χ0v) is 43.9. The van der Waals surface area contributed by atoms with Gasteiger partial charge in [-0.15, -0.1) is 0 Å². The summed E-state index contributed by atoms with van der Waals surface area (Å²) < 4.78 is 0. The van der Waals surface area contributed by atoms with Crippen molar-refractivity contribution in [3.8, 4) is 55.1 Å². The summed E-state index contributed by atoms with van der Waals surface area (Å²) in [5.74, 6) is 0. The van der Waals surface area contributed by atoms with Crippen molar-refractivity contribution in [3.63, 3.8) is 0 Å². The monoisotopic (exact) mass is 1010 g/mol. The van der Waals surface area contributed by atoms with Gasteiger partial charge in [0.05, 0.1) is 5.41 Å². The molecular weight excluding hydrogens is 963 g/mol. The third-order valence-corrected chi connectivity index (χ3v) is 21.9. The van der Waals surface area contributed by atoms with E-state index in [2.05, 4.69) is 291 Å². The number of hydrogen-bond donors (Lipinski definition) is 0. The number of benzene rings is 13. The van der Waals surface area contributed by atoms with Crippen LogP contribution >= 0.6 is 15.1 Å². The molecule has 0 aliphatic heterocycles. The summed E-state index contributed by atoms with van der Waals surface area (Å²) in [6.45, 7) is 0. The van der Waals surface area contributed by atoms with Crippen LogP contribution in [0.2, 0.25) is 0 Å². The van der Waals surface area contributed by atoms with Crippen LogP contribution in [0.3, 0.4) is 0 Å². The maximum absolute atomic E-state index is 2.56. The second-order valence-corrected chi connectivity index (χ2v) is 24.9. The zero-order chi connectivity index (χ0) is 50.6. The fourth-order valence-electron chi connectivity index (χ4n) is 13.8. The van der Waals surface area contributed by atoms with Gasteiger partial charge < -0.3 is 0 Å². The largest absolute Gasteiger partial charge is 0.0772 e. The molecule has 0 radical (unpaired) electrons. The molecule has 0 fully saturated rings. The van der Waals surface area contributed by atoms with E-state index in [-0.39, 0.29) is 0 Å². The minimum absolute atomic E-state index is 0.536. The summed E-state index contributed by atoms with van der Waals surface area (Å²) in [4.78, 5) is 0. The molecule has 0 saturated heterocycles. The molecule has 16 rings (SSSR count). The van der Waals surface area contributed by atoms with Crippen molar-refractivity contribution in [1.29, 1.82) is 0 Å². The molecule has 13 aromatic carbocycles. The van der Waals surface area contributed by atoms with Gasteiger partial charge in [0.2, 0.25) is 0 Å². The molecule has 77 heavy (non-hydrogen) atoms. The summed E-state index contributed by atoms with van der Waals surface area (Å²) in [5, 5.41) is 18.9. The molecule has 2 unspecified atom stereocenters. The van der Waals surface area contributed by atoms with Gasteiger partial charge >= 0.3 is 0 Å². The number of hydrogen-bond acceptors (Lipinski definition) is 0. The van der Waals surface area contributed by atoms with Gasteiger partial charge in [-0.2, -0.15) is 0 Å². The fraction of sp³-hybridized carbons (Fsp3) is 0.0133. The van der Waals surface area contributed by atoms with Gasteiger partial charge in [-0.3, -0.25) is 0 Å². The van der Waals surface area contributed by atoms with Gasteiger partial charge in [0.1, 0.15) is 0 Å². The third-order valence-electron chi connectivity index (χ3n) is 16.8. The van der Waals surface area contributed by atoms with Crippen LogP contribution in [0.4, 0.5) is 0 Å². The second kappa shape index (κ2) is 17.5. The summed E-state index contributed by atoms with van der Waals surface area (Å²) in [6, 6.07) is 111. The minimum Gasteiger partial charge on any atom is -0.0772 e. The van der Waals surface area contributed by atoms with Crippen LogP contribution in [0, 0.1) is 0 Å². The molecule has 1 aliphatic carbocycles. The molecule has 0 amide bonds. The van der Waals surface area contributed by atoms with Gasteiger partial charge in [0.25, 0.3) is 0 Å². The SMILES string of the molecule is c1ccc(-p2c3ccccc3c3c(-c4cccc5c(-c6cccc7c6-c6ccccc6C7(c6ccccc6)c6ccccc6)c6cccc(-c7cccc8c7c7ccccc7p8-c7ccccc7)c6cc45)cccc32)cc1. The topological polar surface area (TPSA) is 0 Å². The molecule has 2 heteroatoms. The van der Waals surface area contributed by atoms with E-state index in [9.17, 15) is 0 Å². The van der Waals surface area contributed by atoms with Crippen molar-refractivity contribution >= 4 is 78.6 Å². The Kier molecular flexibility index (Phi) is 10.1. The lowest BCUT2D eigenvalue weighted by Gasteiger charge is -2.34. The van der Waals surface area contributed by atoms with Crippen LogP contribution in [0.15, 0.2) is 291 Å². The average Bonchev–Trinajstić information content (AvgIpc) is 4.33. The molecule has 0 nitrogen and oxygen atoms in total. The van der Waals surface area contributed by atoms with Crippen molar-refractivity contribution < 1.29 is 0 Å². The highest BCUT2D eigenvalue weighted by Crippen LogP contribution is 2.62. The van der Waals surface area contributed by atoms with Crippen molar-refractivity contribution in [2.75, 3.05) is 0 Å². The fourth-order valence-corrected chi connectivity index (χ4v) is 19.1. The lowest BCUT2D eigenvalue weighted by molar-refractivity contribution is 0.768. The summed E-state index contributed by atoms with van der Waals surface area (Å²) in [5.41, 5.74) is 14.8. The molecule has 358 valence electrons. The van der Waals surface area contributed by atoms with E-state index in [4.69, 9.17) is 0 Å². The average molecular weight is 1010 g/mol. The lowest BCUT2D eigenvalue weighted by atomic mass is 9.67. The van der Waals surface area contributed by atoms with Crippen LogP contribution in [0.1, 0.15) is 22.3 Å². The zero-order valence-electron chi connectivity index (χ0n) is 42.1. The Bertz CT molecular complexity index is 4580. The quantitative estimate of drug-likeness (QED) is 0.140. The van der Waals surface area contributed by atoms with E-state index in [0.29, 0.717) is 0 Å². The molecule has 0 spiro atoms. The van der Waals surface area contributed by atoms with Crippen LogP contribution in [-0.4, -0.2) is 0 Å². The maximum atomic E-state index is 2.56. The Hall–Kier alpha value is -9.02. The Morgan fingerprint density at radius 1 is 0.221 bits per heavy atom. The third kappa shape index (κ3) is 6.41. The van der Waals surface area contributed by atoms with Gasteiger partial charge in [-0.05, 0) is 128 Å². The second-order valence-electron chi connectivity index (χ2n) is 20.6. The molecule has 2 heterocycles. The van der Waals surface area contributed by atoms with Crippen molar-refractivity contribution in [3.05, 3.63) is 313 Å². The van der Waals surface area contributed by atoms with Crippen LogP contribution in [0.25, 0.3) is 119 Å². The molecule has 0 bridgehead atoms. The Morgan fingerprint density at radius 2 is 0.584 bits per heavy atom. The Balaban J connectivity index is 1.06. The molecule has 15 aromatic rings. The first kappa shape index (κ1) is 44.3. The van der Waals surface area contributed by atoms with Crippen molar-refractivity contribution in [2.45, 2.75) is 5.41 Å². The number of rotatable bonds is 7. The maximum Gasteiger partial charge on any atom is 0.0713 e. The normalized spacial score (nSPS) is 13.2. The van der Waals surface area contributed by atoms with Gasteiger partial charge in [-0.25, -0.2) is 0 Å². The number of fused-ring (bicyclic) bond motifs is 11. The van der Waals surface area contributed by atoms with E-state index in [0.717, 1.165) is 0 Å². The Labute approximate surface area is 449 Å². The molecule has 0 saturated carbocycles. The lowest BCUT2D eigenvalue weighted by Crippen LogP contribution is -2.28. The van der Waals surface area contributed by atoms with Gasteiger partial charge in [0.15, 0.2) is 0 Å². The highest BCUT2D eigenvalue weighted by molar-refractivity contribution is 7.68. The van der Waals surface area contributed by atoms with Crippen molar-refractivity contribution in [1.82, 2.24) is 0 Å². The van der Waals surface area contributed by atoms with Crippen LogP contribution in [0.5, 0.6) is 0 Å².